The van der Waals surface area contributed by atoms with Gasteiger partial charge in [0.15, 0.2) is 5.11 Å². The van der Waals surface area contributed by atoms with Crippen LogP contribution in [0, 0.1) is 0 Å². The molecule has 0 fully saturated rings. The third-order valence-electron chi connectivity index (χ3n) is 3.67. The van der Waals surface area contributed by atoms with Crippen molar-refractivity contribution in [2.24, 2.45) is 0 Å². The van der Waals surface area contributed by atoms with Crippen LogP contribution in [0.15, 0.2) is 24.3 Å². The number of amides is 2. The third-order valence-corrected chi connectivity index (χ3v) is 3.88. The molecule has 1 aromatic carbocycles. The largest absolute Gasteiger partial charge is 0.466 e. The van der Waals surface area contributed by atoms with E-state index in [1.54, 1.807) is 24.3 Å². The van der Waals surface area contributed by atoms with E-state index in [1.165, 1.54) is 0 Å². The molecule has 27 heavy (non-hydrogen) atoms. The van der Waals surface area contributed by atoms with Gasteiger partial charge < -0.3 is 20.7 Å². The molecule has 2 amide bonds. The van der Waals surface area contributed by atoms with Gasteiger partial charge in [0, 0.05) is 23.7 Å². The summed E-state index contributed by atoms with van der Waals surface area (Å²) in [6.07, 6.45) is 1.60. The summed E-state index contributed by atoms with van der Waals surface area (Å²) < 4.78 is 4.90. The van der Waals surface area contributed by atoms with E-state index in [0.717, 1.165) is 12.8 Å². The normalized spacial score (nSPS) is 11.2. The van der Waals surface area contributed by atoms with Gasteiger partial charge in [-0.15, -0.1) is 0 Å². The highest BCUT2D eigenvalue weighted by atomic mass is 32.1. The van der Waals surface area contributed by atoms with Gasteiger partial charge >= 0.3 is 5.97 Å². The van der Waals surface area contributed by atoms with Crippen LogP contribution in [0.5, 0.6) is 0 Å². The number of anilines is 1. The Bertz CT molecular complexity index is 661. The number of thiocarbonyl (C=S) groups is 1. The van der Waals surface area contributed by atoms with Crippen molar-refractivity contribution >= 4 is 40.8 Å². The second kappa shape index (κ2) is 12.0. The second-order valence-corrected chi connectivity index (χ2v) is 6.49. The molecule has 1 rings (SSSR count). The van der Waals surface area contributed by atoms with E-state index in [4.69, 9.17) is 17.0 Å². The fraction of sp³-hybridized carbons (Fsp3) is 0.474. The zero-order chi connectivity index (χ0) is 20.2. The lowest BCUT2D eigenvalue weighted by molar-refractivity contribution is -0.144. The third kappa shape index (κ3) is 9.14. The van der Waals surface area contributed by atoms with Crippen molar-refractivity contribution in [3.05, 3.63) is 29.8 Å². The maximum atomic E-state index is 12.0. The molecule has 0 aromatic heterocycles. The predicted octanol–water partition coefficient (Wildman–Crippen LogP) is 2.76. The smallest absolute Gasteiger partial charge is 0.306 e. The van der Waals surface area contributed by atoms with Crippen LogP contribution in [-0.2, 0) is 14.3 Å². The van der Waals surface area contributed by atoms with E-state index < -0.39 is 5.97 Å². The molecule has 0 aliphatic rings. The molecule has 1 aromatic rings. The first-order valence-corrected chi connectivity index (χ1v) is 9.43. The SMILES string of the molecule is CCCOC(=O)CCC(=O)NC(=S)Nc1ccc(C(=O)NC(C)CC)cc1. The van der Waals surface area contributed by atoms with Crippen molar-refractivity contribution in [1.82, 2.24) is 10.6 Å². The Morgan fingerprint density at radius 3 is 2.37 bits per heavy atom. The van der Waals surface area contributed by atoms with Crippen LogP contribution in [0.2, 0.25) is 0 Å². The molecule has 0 aliphatic heterocycles. The topological polar surface area (TPSA) is 96.5 Å². The van der Waals surface area contributed by atoms with E-state index in [0.29, 0.717) is 17.9 Å². The van der Waals surface area contributed by atoms with Gasteiger partial charge in [0.2, 0.25) is 5.91 Å². The van der Waals surface area contributed by atoms with Crippen LogP contribution in [0.4, 0.5) is 5.69 Å². The van der Waals surface area contributed by atoms with E-state index in [2.05, 4.69) is 16.0 Å². The van der Waals surface area contributed by atoms with Crippen molar-refractivity contribution in [2.45, 2.75) is 52.5 Å². The summed E-state index contributed by atoms with van der Waals surface area (Å²) in [7, 11) is 0. The average Bonchev–Trinajstić information content (AvgIpc) is 2.64. The van der Waals surface area contributed by atoms with Crippen molar-refractivity contribution in [3.8, 4) is 0 Å². The summed E-state index contributed by atoms with van der Waals surface area (Å²) in [6.45, 7) is 6.19. The first kappa shape index (κ1) is 22.6. The van der Waals surface area contributed by atoms with Gasteiger partial charge in [0.05, 0.1) is 13.0 Å². The molecular formula is C19H27N3O4S. The van der Waals surface area contributed by atoms with Gasteiger partial charge in [-0.05, 0) is 56.2 Å². The molecule has 0 saturated carbocycles. The van der Waals surface area contributed by atoms with Crippen LogP contribution in [0.1, 0.15) is 56.8 Å². The molecular weight excluding hydrogens is 366 g/mol. The first-order chi connectivity index (χ1) is 12.8. The molecule has 0 radical (unpaired) electrons. The van der Waals surface area contributed by atoms with Gasteiger partial charge in [-0.1, -0.05) is 13.8 Å². The summed E-state index contributed by atoms with van der Waals surface area (Å²) in [5, 5.41) is 8.38. The number of esters is 1. The number of nitrogens with one attached hydrogen (secondary N) is 3. The van der Waals surface area contributed by atoms with Gasteiger partial charge in [0.25, 0.3) is 5.91 Å². The van der Waals surface area contributed by atoms with Gasteiger partial charge in [-0.3, -0.25) is 14.4 Å². The maximum Gasteiger partial charge on any atom is 0.306 e. The Labute approximate surface area is 165 Å². The highest BCUT2D eigenvalue weighted by Crippen LogP contribution is 2.10. The van der Waals surface area contributed by atoms with Crippen molar-refractivity contribution in [3.63, 3.8) is 0 Å². The molecule has 148 valence electrons. The summed E-state index contributed by atoms with van der Waals surface area (Å²) in [4.78, 5) is 35.2. The molecule has 1 atom stereocenters. The lowest BCUT2D eigenvalue weighted by Gasteiger charge is -2.12. The standard InChI is InChI=1S/C19H27N3O4S/c1-4-12-26-17(24)11-10-16(23)22-19(27)21-15-8-6-14(7-9-15)18(25)20-13(3)5-2/h6-9,13H,4-5,10-12H2,1-3H3,(H,20,25)(H2,21,22,23,27). The molecule has 0 aliphatic carbocycles. The quantitative estimate of drug-likeness (QED) is 0.441. The Balaban J connectivity index is 2.42. The lowest BCUT2D eigenvalue weighted by atomic mass is 10.1. The number of hydrogen-bond donors (Lipinski definition) is 3. The maximum absolute atomic E-state index is 12.0. The molecule has 0 spiro atoms. The first-order valence-electron chi connectivity index (χ1n) is 9.03. The fourth-order valence-corrected chi connectivity index (χ4v) is 2.20. The highest BCUT2D eigenvalue weighted by Gasteiger charge is 2.11. The van der Waals surface area contributed by atoms with E-state index in [1.807, 2.05) is 20.8 Å². The van der Waals surface area contributed by atoms with E-state index >= 15 is 0 Å². The zero-order valence-corrected chi connectivity index (χ0v) is 16.8. The molecule has 8 heteroatoms. The van der Waals surface area contributed by atoms with Crippen LogP contribution in [0.3, 0.4) is 0 Å². The summed E-state index contributed by atoms with van der Waals surface area (Å²) in [5.74, 6) is -0.913. The van der Waals surface area contributed by atoms with E-state index in [-0.39, 0.29) is 35.8 Å². The lowest BCUT2D eigenvalue weighted by Crippen LogP contribution is -2.34. The number of carbonyl (C=O) groups is 3. The molecule has 0 heterocycles. The Hall–Kier alpha value is -2.48. The van der Waals surface area contributed by atoms with Crippen molar-refractivity contribution in [1.29, 1.82) is 0 Å². The fourth-order valence-electron chi connectivity index (χ4n) is 1.97. The number of ether oxygens (including phenoxy) is 1. The average molecular weight is 394 g/mol. The summed E-state index contributed by atoms with van der Waals surface area (Å²) in [6, 6.07) is 6.86. The summed E-state index contributed by atoms with van der Waals surface area (Å²) >= 11 is 5.08. The molecule has 7 nitrogen and oxygen atoms in total. The Kier molecular flexibility index (Phi) is 10.0. The van der Waals surface area contributed by atoms with Crippen LogP contribution in [-0.4, -0.2) is 35.5 Å². The van der Waals surface area contributed by atoms with Crippen LogP contribution < -0.4 is 16.0 Å². The number of hydrogen-bond acceptors (Lipinski definition) is 5. The van der Waals surface area contributed by atoms with Gasteiger partial charge in [0.1, 0.15) is 0 Å². The van der Waals surface area contributed by atoms with Crippen LogP contribution >= 0.6 is 12.2 Å². The molecule has 3 N–H and O–H groups in total. The predicted molar refractivity (Wildman–Crippen MR) is 109 cm³/mol. The minimum Gasteiger partial charge on any atom is -0.466 e. The molecule has 1 unspecified atom stereocenters. The van der Waals surface area contributed by atoms with Crippen LogP contribution in [0.25, 0.3) is 0 Å². The Morgan fingerprint density at radius 1 is 1.11 bits per heavy atom. The number of carbonyl (C=O) groups excluding carboxylic acids is 3. The number of benzene rings is 1. The number of rotatable bonds is 9. The molecule has 0 bridgehead atoms. The second-order valence-electron chi connectivity index (χ2n) is 6.08. The monoisotopic (exact) mass is 393 g/mol. The van der Waals surface area contributed by atoms with Crippen molar-refractivity contribution < 1.29 is 19.1 Å². The van der Waals surface area contributed by atoms with Gasteiger partial charge in [-0.25, -0.2) is 0 Å². The Morgan fingerprint density at radius 2 is 1.78 bits per heavy atom. The minimum absolute atomic E-state index is 0.000903. The summed E-state index contributed by atoms with van der Waals surface area (Å²) in [5.41, 5.74) is 1.18. The molecule has 0 saturated heterocycles. The van der Waals surface area contributed by atoms with Gasteiger partial charge in [-0.2, -0.15) is 0 Å². The minimum atomic E-state index is -0.405. The zero-order valence-electron chi connectivity index (χ0n) is 16.0. The van der Waals surface area contributed by atoms with Crippen molar-refractivity contribution in [2.75, 3.05) is 11.9 Å². The van der Waals surface area contributed by atoms with E-state index in [9.17, 15) is 14.4 Å². The highest BCUT2D eigenvalue weighted by molar-refractivity contribution is 7.80.